The molecule has 0 fully saturated rings. The molecule has 1 aliphatic carbocycles. The highest BCUT2D eigenvalue weighted by atomic mass is 35.5. The molecule has 2 amide bonds. The fourth-order valence-electron chi connectivity index (χ4n) is 4.33. The minimum absolute atomic E-state index is 0.244. The topological polar surface area (TPSA) is 111 Å². The molecule has 0 saturated carbocycles. The van der Waals surface area contributed by atoms with Crippen LogP contribution in [0.4, 0.5) is 0 Å². The molecule has 0 radical (unpaired) electrons. The molecule has 0 spiro atoms. The lowest BCUT2D eigenvalue weighted by Crippen LogP contribution is -2.27. The number of aryl methyl sites for hydroxylation is 1. The van der Waals surface area contributed by atoms with Crippen LogP contribution in [0.25, 0.3) is 0 Å². The molecule has 0 aliphatic heterocycles. The van der Waals surface area contributed by atoms with Crippen molar-refractivity contribution in [1.29, 1.82) is 0 Å². The van der Waals surface area contributed by atoms with Gasteiger partial charge in [0.05, 0.1) is 25.0 Å². The lowest BCUT2D eigenvalue weighted by Gasteiger charge is -2.13. The highest BCUT2D eigenvalue weighted by Crippen LogP contribution is 2.31. The zero-order valence-electron chi connectivity index (χ0n) is 21.9. The number of rotatable bonds is 10. The number of carbonyl (C=O) groups excluding carboxylic acids is 2. The van der Waals surface area contributed by atoms with E-state index in [1.54, 1.807) is 26.4 Å². The molecule has 0 bridgehead atoms. The average molecular weight is 574 g/mol. The first kappa shape index (κ1) is 28.3. The van der Waals surface area contributed by atoms with Crippen molar-refractivity contribution in [3.05, 3.63) is 74.7 Å². The molecule has 2 aromatic carbocycles. The predicted molar refractivity (Wildman–Crippen MR) is 149 cm³/mol. The van der Waals surface area contributed by atoms with Crippen molar-refractivity contribution in [3.8, 4) is 17.2 Å². The number of amides is 2. The molecule has 1 aromatic heterocycles. The van der Waals surface area contributed by atoms with Gasteiger partial charge in [0.1, 0.15) is 11.5 Å². The summed E-state index contributed by atoms with van der Waals surface area (Å²) in [5.74, 6) is 1.80. The Morgan fingerprint density at radius 1 is 1.03 bits per heavy atom. The smallest absolute Gasteiger partial charge is 0.287 e. The fraction of sp³-hybridized carbons (Fsp3) is 0.321. The van der Waals surface area contributed by atoms with Gasteiger partial charge in [-0.1, -0.05) is 29.3 Å². The summed E-state index contributed by atoms with van der Waals surface area (Å²) in [6.07, 6.45) is 2.71. The number of carbonyl (C=O) groups is 2. The third kappa shape index (κ3) is 6.85. The average Bonchev–Trinajstić information content (AvgIpc) is 3.28. The Balaban J connectivity index is 1.37. The largest absolute Gasteiger partial charge is 0.493 e. The first-order chi connectivity index (χ1) is 18.8. The Kier molecular flexibility index (Phi) is 9.37. The molecular formula is C28H29Cl2N3O6. The number of halogens is 2. The molecule has 0 unspecified atom stereocenters. The van der Waals surface area contributed by atoms with E-state index < -0.39 is 5.91 Å². The normalized spacial score (nSPS) is 13.5. The van der Waals surface area contributed by atoms with E-state index in [1.807, 2.05) is 25.1 Å². The van der Waals surface area contributed by atoms with Gasteiger partial charge in [0.2, 0.25) is 0 Å². The maximum atomic E-state index is 12.9. The standard InChI is InChI=1S/C28H29Cl2N3O6/c1-16-26-20(32-33-25(34)15-38-21-10-8-18(29)14-19(21)30)5-4-6-23(26)39-27(16)28(35)31-12-11-17-7-9-22(36-2)24(13-17)37-3/h7-10,13-14H,4-6,11-12,15H2,1-3H3,(H,31,35)(H,33,34)/b32-20+. The summed E-state index contributed by atoms with van der Waals surface area (Å²) in [5, 5.41) is 8.00. The number of hydrazone groups is 1. The number of benzene rings is 2. The van der Waals surface area contributed by atoms with E-state index in [2.05, 4.69) is 15.8 Å². The van der Waals surface area contributed by atoms with E-state index in [4.69, 9.17) is 41.8 Å². The van der Waals surface area contributed by atoms with Crippen LogP contribution in [0.3, 0.4) is 0 Å². The van der Waals surface area contributed by atoms with Gasteiger partial charge in [-0.2, -0.15) is 5.10 Å². The van der Waals surface area contributed by atoms with Crippen LogP contribution in [0.15, 0.2) is 45.9 Å². The quantitative estimate of drug-likeness (QED) is 0.325. The summed E-state index contributed by atoms with van der Waals surface area (Å²) in [6.45, 7) is 1.96. The predicted octanol–water partition coefficient (Wildman–Crippen LogP) is 5.12. The Morgan fingerprint density at radius 3 is 2.54 bits per heavy atom. The molecule has 1 aliphatic rings. The van der Waals surface area contributed by atoms with Gasteiger partial charge in [0, 0.05) is 29.1 Å². The molecule has 206 valence electrons. The molecule has 9 nitrogen and oxygen atoms in total. The van der Waals surface area contributed by atoms with Gasteiger partial charge >= 0.3 is 0 Å². The van der Waals surface area contributed by atoms with E-state index in [-0.39, 0.29) is 18.3 Å². The van der Waals surface area contributed by atoms with E-state index >= 15 is 0 Å². The number of hydrogen-bond acceptors (Lipinski definition) is 7. The maximum absolute atomic E-state index is 12.9. The molecule has 1 heterocycles. The first-order valence-electron chi connectivity index (χ1n) is 12.4. The number of methoxy groups -OCH3 is 2. The summed E-state index contributed by atoms with van der Waals surface area (Å²) in [4.78, 5) is 25.3. The summed E-state index contributed by atoms with van der Waals surface area (Å²) < 4.78 is 22.0. The lowest BCUT2D eigenvalue weighted by atomic mass is 9.93. The van der Waals surface area contributed by atoms with Gasteiger partial charge in [0.25, 0.3) is 11.8 Å². The number of nitrogens with one attached hydrogen (secondary N) is 2. The van der Waals surface area contributed by atoms with E-state index in [1.165, 1.54) is 6.07 Å². The van der Waals surface area contributed by atoms with Gasteiger partial charge in [0.15, 0.2) is 23.9 Å². The summed E-state index contributed by atoms with van der Waals surface area (Å²) in [5.41, 5.74) is 5.62. The van der Waals surface area contributed by atoms with E-state index in [9.17, 15) is 9.59 Å². The third-order valence-electron chi connectivity index (χ3n) is 6.25. The minimum Gasteiger partial charge on any atom is -0.493 e. The second-order valence-corrected chi connectivity index (χ2v) is 9.70. The van der Waals surface area contributed by atoms with Crippen LogP contribution in [0.2, 0.25) is 10.0 Å². The highest BCUT2D eigenvalue weighted by Gasteiger charge is 2.28. The highest BCUT2D eigenvalue weighted by molar-refractivity contribution is 6.35. The number of nitrogens with zero attached hydrogens (tertiary/aromatic N) is 1. The van der Waals surface area contributed by atoms with Crippen LogP contribution in [0.1, 0.15) is 45.8 Å². The van der Waals surface area contributed by atoms with Crippen molar-refractivity contribution in [3.63, 3.8) is 0 Å². The minimum atomic E-state index is -0.449. The second-order valence-electron chi connectivity index (χ2n) is 8.86. The van der Waals surface area contributed by atoms with Crippen molar-refractivity contribution in [1.82, 2.24) is 10.7 Å². The second kappa shape index (κ2) is 12.9. The summed E-state index contributed by atoms with van der Waals surface area (Å²) >= 11 is 12.0. The van der Waals surface area contributed by atoms with Gasteiger partial charge in [-0.3, -0.25) is 9.59 Å². The molecule has 11 heteroatoms. The number of furan rings is 1. The zero-order valence-corrected chi connectivity index (χ0v) is 23.4. The molecule has 3 aromatic rings. The van der Waals surface area contributed by atoms with Crippen molar-refractivity contribution in [2.24, 2.45) is 5.10 Å². The van der Waals surface area contributed by atoms with Crippen LogP contribution in [-0.4, -0.2) is 44.9 Å². The zero-order chi connectivity index (χ0) is 27.9. The Morgan fingerprint density at radius 2 is 1.79 bits per heavy atom. The van der Waals surface area contributed by atoms with E-state index in [0.717, 1.165) is 17.5 Å². The SMILES string of the molecule is COc1ccc(CCNC(=O)c2oc3c(c2C)/C(=N/NC(=O)COc2ccc(Cl)cc2Cl)CCC3)cc1OC. The van der Waals surface area contributed by atoms with Crippen molar-refractivity contribution in [2.45, 2.75) is 32.6 Å². The molecule has 4 rings (SSSR count). The van der Waals surface area contributed by atoms with Crippen LogP contribution in [0.5, 0.6) is 17.2 Å². The maximum Gasteiger partial charge on any atom is 0.287 e. The fourth-order valence-corrected chi connectivity index (χ4v) is 4.79. The number of fused-ring (bicyclic) bond motifs is 1. The molecule has 2 N–H and O–H groups in total. The lowest BCUT2D eigenvalue weighted by molar-refractivity contribution is -0.123. The van der Waals surface area contributed by atoms with Gasteiger partial charge < -0.3 is 23.9 Å². The van der Waals surface area contributed by atoms with Gasteiger partial charge in [-0.25, -0.2) is 5.43 Å². The first-order valence-corrected chi connectivity index (χ1v) is 13.1. The van der Waals surface area contributed by atoms with Gasteiger partial charge in [-0.15, -0.1) is 0 Å². The van der Waals surface area contributed by atoms with Crippen LogP contribution >= 0.6 is 23.2 Å². The number of hydrogen-bond donors (Lipinski definition) is 2. The molecular weight excluding hydrogens is 545 g/mol. The van der Waals surface area contributed by atoms with Crippen molar-refractivity contribution < 1.29 is 28.2 Å². The Bertz CT molecular complexity index is 1400. The Labute approximate surface area is 236 Å². The monoisotopic (exact) mass is 573 g/mol. The summed E-state index contributed by atoms with van der Waals surface area (Å²) in [7, 11) is 3.17. The molecule has 0 saturated heterocycles. The summed E-state index contributed by atoms with van der Waals surface area (Å²) in [6, 6.07) is 10.4. The van der Waals surface area contributed by atoms with Crippen molar-refractivity contribution >= 4 is 40.7 Å². The van der Waals surface area contributed by atoms with Crippen LogP contribution in [0, 0.1) is 6.92 Å². The molecule has 0 atom stereocenters. The van der Waals surface area contributed by atoms with Crippen molar-refractivity contribution in [2.75, 3.05) is 27.4 Å². The van der Waals surface area contributed by atoms with Crippen LogP contribution < -0.4 is 25.0 Å². The molecule has 39 heavy (non-hydrogen) atoms. The van der Waals surface area contributed by atoms with Gasteiger partial charge in [-0.05, 0) is 62.1 Å². The van der Waals surface area contributed by atoms with E-state index in [0.29, 0.717) is 70.1 Å². The third-order valence-corrected chi connectivity index (χ3v) is 6.78. The van der Waals surface area contributed by atoms with Crippen LogP contribution in [-0.2, 0) is 17.6 Å². The Hall–Kier alpha value is -3.69. The number of ether oxygens (including phenoxy) is 3.